The summed E-state index contributed by atoms with van der Waals surface area (Å²) < 4.78 is 0. The van der Waals surface area contributed by atoms with Gasteiger partial charge >= 0.3 is 0 Å². The van der Waals surface area contributed by atoms with E-state index in [0.29, 0.717) is 24.8 Å². The van der Waals surface area contributed by atoms with Gasteiger partial charge in [0.05, 0.1) is 6.07 Å². The number of nitriles is 1. The number of terminal acetylenes is 1. The minimum absolute atomic E-state index is 0.111. The molecule has 0 aliphatic carbocycles. The fourth-order valence-electron chi connectivity index (χ4n) is 1.47. The number of benzene rings is 1. The number of rotatable bonds is 5. The van der Waals surface area contributed by atoms with Gasteiger partial charge in [0, 0.05) is 12.0 Å². The second-order valence-corrected chi connectivity index (χ2v) is 3.51. The van der Waals surface area contributed by atoms with Crippen molar-refractivity contribution in [3.8, 4) is 18.4 Å². The molecule has 1 unspecified atom stereocenters. The van der Waals surface area contributed by atoms with Gasteiger partial charge in [0.15, 0.2) is 5.78 Å². The lowest BCUT2D eigenvalue weighted by Gasteiger charge is -2.06. The first kappa shape index (κ1) is 12.0. The molecule has 1 rings (SSSR count). The summed E-state index contributed by atoms with van der Waals surface area (Å²) in [5, 5.41) is 8.93. The zero-order valence-electron chi connectivity index (χ0n) is 9.02. The molecular formula is C14H13NO. The molecule has 1 aromatic carbocycles. The first-order valence-corrected chi connectivity index (χ1v) is 5.22. The number of carbonyl (C=O) groups is 1. The van der Waals surface area contributed by atoms with Crippen molar-refractivity contribution in [2.45, 2.75) is 19.3 Å². The van der Waals surface area contributed by atoms with Crippen LogP contribution in [0.25, 0.3) is 0 Å². The summed E-state index contributed by atoms with van der Waals surface area (Å²) >= 11 is 0. The van der Waals surface area contributed by atoms with E-state index in [2.05, 4.69) is 5.92 Å². The lowest BCUT2D eigenvalue weighted by molar-refractivity contribution is 0.0943. The maximum Gasteiger partial charge on any atom is 0.179 e. The summed E-state index contributed by atoms with van der Waals surface area (Å²) in [5.41, 5.74) is 0.592. The summed E-state index contributed by atoms with van der Waals surface area (Å²) in [5.74, 6) is 1.82. The van der Waals surface area contributed by atoms with Gasteiger partial charge in [-0.1, -0.05) is 30.3 Å². The molecule has 0 spiro atoms. The third-order valence-corrected chi connectivity index (χ3v) is 2.34. The summed E-state index contributed by atoms with van der Waals surface area (Å²) in [6, 6.07) is 10.9. The Morgan fingerprint density at radius 3 is 2.62 bits per heavy atom. The van der Waals surface area contributed by atoms with E-state index in [-0.39, 0.29) is 5.78 Å². The SMILES string of the molecule is C#CCCCC(C#N)C(=O)c1ccccc1. The normalized spacial score (nSPS) is 11.1. The quantitative estimate of drug-likeness (QED) is 0.427. The molecule has 0 fully saturated rings. The standard InChI is InChI=1S/C14H13NO/c1-2-3-5-10-13(11-15)14(16)12-8-6-4-7-9-12/h1,4,6-9,13H,3,5,10H2. The Balaban J connectivity index is 2.65. The van der Waals surface area contributed by atoms with Gasteiger partial charge < -0.3 is 0 Å². The van der Waals surface area contributed by atoms with Crippen molar-refractivity contribution in [1.29, 1.82) is 5.26 Å². The number of unbranched alkanes of at least 4 members (excludes halogenated alkanes) is 1. The molecule has 80 valence electrons. The molecule has 0 aromatic heterocycles. The Kier molecular flexibility index (Phi) is 4.83. The molecule has 0 saturated heterocycles. The maximum atomic E-state index is 11.9. The van der Waals surface area contributed by atoms with Crippen LogP contribution >= 0.6 is 0 Å². The molecule has 0 bridgehead atoms. The van der Waals surface area contributed by atoms with Crippen LogP contribution in [0.15, 0.2) is 30.3 Å². The third-order valence-electron chi connectivity index (χ3n) is 2.34. The second-order valence-electron chi connectivity index (χ2n) is 3.51. The number of nitrogens with zero attached hydrogens (tertiary/aromatic N) is 1. The summed E-state index contributed by atoms with van der Waals surface area (Å²) in [6.07, 6.45) is 6.99. The van der Waals surface area contributed by atoms with Crippen molar-refractivity contribution in [2.24, 2.45) is 5.92 Å². The Bertz CT molecular complexity index is 422. The first-order chi connectivity index (χ1) is 7.79. The van der Waals surface area contributed by atoms with E-state index in [1.54, 1.807) is 24.3 Å². The lowest BCUT2D eigenvalue weighted by Crippen LogP contribution is -2.12. The minimum Gasteiger partial charge on any atom is -0.293 e. The van der Waals surface area contributed by atoms with Crippen LogP contribution in [-0.2, 0) is 0 Å². The summed E-state index contributed by atoms with van der Waals surface area (Å²) in [4.78, 5) is 11.9. The fourth-order valence-corrected chi connectivity index (χ4v) is 1.47. The maximum absolute atomic E-state index is 11.9. The zero-order valence-corrected chi connectivity index (χ0v) is 9.02. The van der Waals surface area contributed by atoms with Crippen molar-refractivity contribution >= 4 is 5.78 Å². The minimum atomic E-state index is -0.573. The van der Waals surface area contributed by atoms with E-state index < -0.39 is 5.92 Å². The molecule has 0 radical (unpaired) electrons. The molecule has 0 heterocycles. The van der Waals surface area contributed by atoms with Crippen LogP contribution in [0.1, 0.15) is 29.6 Å². The van der Waals surface area contributed by atoms with Crippen molar-refractivity contribution in [2.75, 3.05) is 0 Å². The van der Waals surface area contributed by atoms with Gasteiger partial charge in [-0.05, 0) is 12.8 Å². The van der Waals surface area contributed by atoms with Crippen molar-refractivity contribution in [1.82, 2.24) is 0 Å². The smallest absolute Gasteiger partial charge is 0.179 e. The highest BCUT2D eigenvalue weighted by molar-refractivity contribution is 5.99. The number of carbonyl (C=O) groups excluding carboxylic acids is 1. The topological polar surface area (TPSA) is 40.9 Å². The predicted octanol–water partition coefficient (Wildman–Crippen LogP) is 2.81. The number of Topliss-reactive ketones (excluding diaryl/α,β-unsaturated/α-hetero) is 1. The lowest BCUT2D eigenvalue weighted by atomic mass is 9.94. The van der Waals surface area contributed by atoms with E-state index in [1.165, 1.54) is 0 Å². The Morgan fingerprint density at radius 1 is 1.38 bits per heavy atom. The summed E-state index contributed by atoms with van der Waals surface area (Å²) in [7, 11) is 0. The third kappa shape index (κ3) is 3.26. The predicted molar refractivity (Wildman–Crippen MR) is 62.6 cm³/mol. The molecule has 0 amide bonds. The van der Waals surface area contributed by atoms with E-state index >= 15 is 0 Å². The van der Waals surface area contributed by atoms with E-state index in [1.807, 2.05) is 12.1 Å². The van der Waals surface area contributed by atoms with Crippen LogP contribution in [0, 0.1) is 29.6 Å². The van der Waals surface area contributed by atoms with E-state index in [4.69, 9.17) is 11.7 Å². The van der Waals surface area contributed by atoms with Crippen LogP contribution in [0.5, 0.6) is 0 Å². The highest BCUT2D eigenvalue weighted by atomic mass is 16.1. The molecule has 2 heteroatoms. The largest absolute Gasteiger partial charge is 0.293 e. The second kappa shape index (κ2) is 6.43. The first-order valence-electron chi connectivity index (χ1n) is 5.22. The van der Waals surface area contributed by atoms with E-state index in [0.717, 1.165) is 0 Å². The average molecular weight is 211 g/mol. The van der Waals surface area contributed by atoms with Crippen molar-refractivity contribution in [3.05, 3.63) is 35.9 Å². The number of ketones is 1. The highest BCUT2D eigenvalue weighted by Gasteiger charge is 2.18. The molecule has 1 atom stereocenters. The van der Waals surface area contributed by atoms with Crippen LogP contribution < -0.4 is 0 Å². The Morgan fingerprint density at radius 2 is 2.06 bits per heavy atom. The van der Waals surface area contributed by atoms with E-state index in [9.17, 15) is 4.79 Å². The van der Waals surface area contributed by atoms with Gasteiger partial charge in [0.25, 0.3) is 0 Å². The molecule has 0 saturated carbocycles. The average Bonchev–Trinajstić information content (AvgIpc) is 2.35. The van der Waals surface area contributed by atoms with Gasteiger partial charge in [0.1, 0.15) is 5.92 Å². The van der Waals surface area contributed by atoms with Crippen molar-refractivity contribution < 1.29 is 4.79 Å². The van der Waals surface area contributed by atoms with Crippen molar-refractivity contribution in [3.63, 3.8) is 0 Å². The number of hydrogen-bond acceptors (Lipinski definition) is 2. The molecule has 16 heavy (non-hydrogen) atoms. The van der Waals surface area contributed by atoms with Gasteiger partial charge in [0.2, 0.25) is 0 Å². The van der Waals surface area contributed by atoms with Gasteiger partial charge in [-0.2, -0.15) is 5.26 Å². The van der Waals surface area contributed by atoms with Crippen LogP contribution in [-0.4, -0.2) is 5.78 Å². The monoisotopic (exact) mass is 211 g/mol. The number of hydrogen-bond donors (Lipinski definition) is 0. The molecular weight excluding hydrogens is 198 g/mol. The van der Waals surface area contributed by atoms with Gasteiger partial charge in [-0.3, -0.25) is 4.79 Å². The van der Waals surface area contributed by atoms with Gasteiger partial charge in [-0.15, -0.1) is 12.3 Å². The Hall–Kier alpha value is -2.06. The molecule has 0 N–H and O–H groups in total. The molecule has 0 aliphatic heterocycles. The zero-order chi connectivity index (χ0) is 11.8. The van der Waals surface area contributed by atoms with Crippen LogP contribution in [0.2, 0.25) is 0 Å². The molecule has 2 nitrogen and oxygen atoms in total. The van der Waals surface area contributed by atoms with Gasteiger partial charge in [-0.25, -0.2) is 0 Å². The van der Waals surface area contributed by atoms with Crippen LogP contribution in [0.3, 0.4) is 0 Å². The highest BCUT2D eigenvalue weighted by Crippen LogP contribution is 2.14. The molecule has 1 aromatic rings. The molecule has 0 aliphatic rings. The summed E-state index contributed by atoms with van der Waals surface area (Å²) in [6.45, 7) is 0. The Labute approximate surface area is 95.9 Å². The van der Waals surface area contributed by atoms with Crippen LogP contribution in [0.4, 0.5) is 0 Å². The fraction of sp³-hybridized carbons (Fsp3) is 0.286.